The maximum absolute atomic E-state index is 12.5. The van der Waals surface area contributed by atoms with E-state index < -0.39 is 0 Å². The van der Waals surface area contributed by atoms with Crippen molar-refractivity contribution in [2.75, 3.05) is 0 Å². The number of hydrogen-bond acceptors (Lipinski definition) is 8. The normalized spacial score (nSPS) is 23.9. The van der Waals surface area contributed by atoms with Crippen LogP contribution in [-0.4, -0.2) is 46.3 Å². The molecule has 5 aliphatic rings. The van der Waals surface area contributed by atoms with Crippen LogP contribution in [0.15, 0.2) is 0 Å². The lowest BCUT2D eigenvalue weighted by Crippen LogP contribution is -2.49. The molecule has 5 saturated carbocycles. The number of esters is 4. The van der Waals surface area contributed by atoms with Gasteiger partial charge in [-0.2, -0.15) is 0 Å². The van der Waals surface area contributed by atoms with E-state index in [9.17, 15) is 19.2 Å². The largest absolute Gasteiger partial charge is 0.459 e. The van der Waals surface area contributed by atoms with Crippen molar-refractivity contribution in [1.29, 1.82) is 0 Å². The van der Waals surface area contributed by atoms with E-state index in [2.05, 4.69) is 55.4 Å². The average Bonchev–Trinajstić information content (AvgIpc) is 3.62. The smallest absolute Gasteiger partial charge is 0.312 e. The SMILES string of the molecule is C.C.C.C.C.C.C.C.CCC(C)(C)C(=O)OC1(C)CC2CCC1(C)C2(C)C.CCC(C)(C)C(=O)OC1(C)CCCCCC1.CCC(C)C(=O)OC1(CC)CCCCCC1.CCC1(OC(=O)C(C)(C)CC)CCCCCC1. The van der Waals surface area contributed by atoms with E-state index in [0.717, 1.165) is 83.5 Å². The fourth-order valence-corrected chi connectivity index (χ4v) is 11.1. The van der Waals surface area contributed by atoms with Gasteiger partial charge in [0, 0.05) is 5.41 Å². The standard InChI is InChI=1S/C17H30O2.C15H28O2.2C14H26O2.8CH4/c1-8-14(2,3)13(18)19-17(7)11-12-9-10-16(17,6)15(12,4)5;1-5-14(3,4)13(16)17-15(6-2)11-9-7-8-10-12-15;1-5-13(2,3)12(15)16-14(4)10-8-6-7-9-11-14;1-4-12(3)13(15)16-14(5-2)10-8-6-7-9-11-14;;;;;;;;/h12H,8-11H2,1-7H3;5-12H2,1-4H3;5-11H2,1-4H3;12H,4-11H2,1-3H3;8*1H4. The summed E-state index contributed by atoms with van der Waals surface area (Å²) in [6, 6.07) is 0. The number of ether oxygens (including phenoxy) is 4. The zero-order valence-corrected chi connectivity index (χ0v) is 48.0. The van der Waals surface area contributed by atoms with Gasteiger partial charge in [0.15, 0.2) is 0 Å². The molecular weight excluding hydrogens is 945 g/mol. The van der Waals surface area contributed by atoms with E-state index in [0.29, 0.717) is 5.92 Å². The minimum Gasteiger partial charge on any atom is -0.459 e. The lowest BCUT2D eigenvalue weighted by molar-refractivity contribution is -0.185. The molecule has 5 aliphatic carbocycles. The maximum Gasteiger partial charge on any atom is 0.312 e. The highest BCUT2D eigenvalue weighted by Gasteiger charge is 2.69. The molecule has 4 unspecified atom stereocenters. The van der Waals surface area contributed by atoms with Crippen LogP contribution in [-0.2, 0) is 38.1 Å². The molecular formula is C68H142O8. The predicted molar refractivity (Wildman–Crippen MR) is 335 cm³/mol. The molecule has 0 N–H and O–H groups in total. The number of carbonyl (C=O) groups is 4. The summed E-state index contributed by atoms with van der Waals surface area (Å²) in [5, 5.41) is 0. The highest BCUT2D eigenvalue weighted by Crippen LogP contribution is 2.70. The van der Waals surface area contributed by atoms with Crippen LogP contribution >= 0.6 is 0 Å². The van der Waals surface area contributed by atoms with E-state index >= 15 is 0 Å². The molecule has 76 heavy (non-hydrogen) atoms. The van der Waals surface area contributed by atoms with Gasteiger partial charge in [-0.15, -0.1) is 0 Å². The van der Waals surface area contributed by atoms with Gasteiger partial charge in [-0.3, -0.25) is 19.2 Å². The van der Waals surface area contributed by atoms with Crippen LogP contribution in [0, 0.1) is 38.9 Å². The van der Waals surface area contributed by atoms with Crippen LogP contribution in [0.3, 0.4) is 0 Å². The minimum atomic E-state index is -0.370. The summed E-state index contributed by atoms with van der Waals surface area (Å²) in [5.74, 6) is 0.684. The number of hydrogen-bond donors (Lipinski definition) is 0. The second-order valence-corrected chi connectivity index (χ2v) is 25.6. The summed E-state index contributed by atoms with van der Waals surface area (Å²) in [7, 11) is 0. The third-order valence-electron chi connectivity index (χ3n) is 19.3. The molecule has 0 aromatic carbocycles. The van der Waals surface area contributed by atoms with Gasteiger partial charge < -0.3 is 18.9 Å². The Hall–Kier alpha value is -2.12. The fourth-order valence-electron chi connectivity index (χ4n) is 11.1. The van der Waals surface area contributed by atoms with Gasteiger partial charge in [-0.25, -0.2) is 0 Å². The van der Waals surface area contributed by atoms with Gasteiger partial charge in [0.25, 0.3) is 0 Å². The van der Waals surface area contributed by atoms with Gasteiger partial charge >= 0.3 is 23.9 Å². The third kappa shape index (κ3) is 23.2. The van der Waals surface area contributed by atoms with Gasteiger partial charge in [0.1, 0.15) is 22.4 Å². The van der Waals surface area contributed by atoms with Crippen molar-refractivity contribution >= 4 is 23.9 Å². The van der Waals surface area contributed by atoms with Crippen LogP contribution in [0.5, 0.6) is 0 Å². The second-order valence-electron chi connectivity index (χ2n) is 25.6. The van der Waals surface area contributed by atoms with Gasteiger partial charge in [-0.05, 0) is 202 Å². The summed E-state index contributed by atoms with van der Waals surface area (Å²) in [5.41, 5.74) is -1.46. The Labute approximate surface area is 478 Å². The van der Waals surface area contributed by atoms with Crippen LogP contribution < -0.4 is 0 Å². The molecule has 0 heterocycles. The molecule has 8 nitrogen and oxygen atoms in total. The van der Waals surface area contributed by atoms with Crippen molar-refractivity contribution in [3.63, 3.8) is 0 Å². The highest BCUT2D eigenvalue weighted by molar-refractivity contribution is 5.77. The van der Waals surface area contributed by atoms with E-state index in [4.69, 9.17) is 18.9 Å². The average molecular weight is 1090 g/mol. The second kappa shape index (κ2) is 37.0. The first-order valence-corrected chi connectivity index (χ1v) is 28.4. The molecule has 0 aliphatic heterocycles. The molecule has 2 bridgehead atoms. The Kier molecular flexibility index (Phi) is 42.7. The summed E-state index contributed by atoms with van der Waals surface area (Å²) in [6.45, 7) is 37.6. The molecule has 4 atom stereocenters. The molecule has 8 heteroatoms. The maximum atomic E-state index is 12.5. The van der Waals surface area contributed by atoms with E-state index in [1.54, 1.807) is 0 Å². The minimum absolute atomic E-state index is 0. The Morgan fingerprint density at radius 1 is 0.447 bits per heavy atom. The summed E-state index contributed by atoms with van der Waals surface area (Å²) in [6.07, 6.45) is 30.0. The summed E-state index contributed by atoms with van der Waals surface area (Å²) in [4.78, 5) is 48.6. The van der Waals surface area contributed by atoms with Crippen molar-refractivity contribution in [1.82, 2.24) is 0 Å². The van der Waals surface area contributed by atoms with Gasteiger partial charge in [0.05, 0.1) is 22.2 Å². The molecule has 5 rings (SSSR count). The first kappa shape index (κ1) is 87.7. The zero-order valence-electron chi connectivity index (χ0n) is 48.0. The van der Waals surface area contributed by atoms with Crippen LogP contribution in [0.1, 0.15) is 357 Å². The molecule has 0 aromatic heterocycles. The number of rotatable bonds is 14. The lowest BCUT2D eigenvalue weighted by atomic mass is 9.65. The number of carbonyl (C=O) groups excluding carboxylic acids is 4. The van der Waals surface area contributed by atoms with Crippen molar-refractivity contribution in [3.05, 3.63) is 0 Å². The van der Waals surface area contributed by atoms with E-state index in [1.807, 2.05) is 69.2 Å². The van der Waals surface area contributed by atoms with Crippen molar-refractivity contribution in [2.24, 2.45) is 38.9 Å². The highest BCUT2D eigenvalue weighted by atomic mass is 16.6. The molecule has 0 spiro atoms. The van der Waals surface area contributed by atoms with Crippen molar-refractivity contribution in [3.8, 4) is 0 Å². The molecule has 0 radical (unpaired) electrons. The van der Waals surface area contributed by atoms with Crippen molar-refractivity contribution in [2.45, 2.75) is 380 Å². The topological polar surface area (TPSA) is 105 Å². The molecule has 462 valence electrons. The summed E-state index contributed by atoms with van der Waals surface area (Å²) < 4.78 is 23.6. The lowest BCUT2D eigenvalue weighted by Gasteiger charge is -2.46. The molecule has 0 saturated heterocycles. The monoisotopic (exact) mass is 1090 g/mol. The van der Waals surface area contributed by atoms with Gasteiger partial charge in [0.2, 0.25) is 0 Å². The molecule has 0 aromatic rings. The van der Waals surface area contributed by atoms with Crippen LogP contribution in [0.2, 0.25) is 0 Å². The fraction of sp³-hybridized carbons (Fsp3) is 0.941. The van der Waals surface area contributed by atoms with E-state index in [-0.39, 0.29) is 139 Å². The Balaban J connectivity index is -0.000000162. The van der Waals surface area contributed by atoms with Crippen molar-refractivity contribution < 1.29 is 38.1 Å². The van der Waals surface area contributed by atoms with Gasteiger partial charge in [-0.1, -0.05) is 167 Å². The van der Waals surface area contributed by atoms with Crippen LogP contribution in [0.25, 0.3) is 0 Å². The Bertz CT molecular complexity index is 1550. The first-order valence-electron chi connectivity index (χ1n) is 28.4. The quantitative estimate of drug-likeness (QED) is 0.0962. The zero-order chi connectivity index (χ0) is 51.9. The number of fused-ring (bicyclic) bond motifs is 2. The summed E-state index contributed by atoms with van der Waals surface area (Å²) >= 11 is 0. The Morgan fingerprint density at radius 3 is 1.05 bits per heavy atom. The third-order valence-corrected chi connectivity index (χ3v) is 19.3. The van der Waals surface area contributed by atoms with E-state index in [1.165, 1.54) is 89.9 Å². The first-order chi connectivity index (χ1) is 31.5. The molecule has 5 fully saturated rings. The van der Waals surface area contributed by atoms with Crippen LogP contribution in [0.4, 0.5) is 0 Å². The predicted octanol–water partition coefficient (Wildman–Crippen LogP) is 22.3. The molecule has 0 amide bonds. The Morgan fingerprint density at radius 2 is 0.763 bits per heavy atom.